The highest BCUT2D eigenvalue weighted by molar-refractivity contribution is 5.82. The number of benzene rings is 3. The Morgan fingerprint density at radius 3 is 2.12 bits per heavy atom. The van der Waals surface area contributed by atoms with Gasteiger partial charge in [0.05, 0.1) is 19.3 Å². The van der Waals surface area contributed by atoms with E-state index in [0.717, 1.165) is 28.0 Å². The van der Waals surface area contributed by atoms with Crippen molar-refractivity contribution in [2.24, 2.45) is 11.3 Å². The lowest BCUT2D eigenvalue weighted by Crippen LogP contribution is -2.48. The number of aliphatic carboxylic acids is 1. The molecule has 1 saturated heterocycles. The van der Waals surface area contributed by atoms with Crippen molar-refractivity contribution in [2.75, 3.05) is 7.11 Å². The molecule has 7 heteroatoms. The molecule has 3 aromatic carbocycles. The molecular formula is C33H40N2O5. The maximum atomic E-state index is 13.5. The van der Waals surface area contributed by atoms with Crippen LogP contribution in [-0.4, -0.2) is 47.4 Å². The van der Waals surface area contributed by atoms with Crippen LogP contribution in [0.4, 0.5) is 4.79 Å². The van der Waals surface area contributed by atoms with Gasteiger partial charge in [-0.2, -0.15) is 0 Å². The van der Waals surface area contributed by atoms with Crippen LogP contribution < -0.4 is 10.1 Å². The normalized spacial score (nSPS) is 20.9. The largest absolute Gasteiger partial charge is 0.496 e. The van der Waals surface area contributed by atoms with Gasteiger partial charge >= 0.3 is 12.1 Å². The number of nitrogens with one attached hydrogen (secondary N) is 1. The molecule has 212 valence electrons. The lowest BCUT2D eigenvalue weighted by molar-refractivity contribution is -0.144. The summed E-state index contributed by atoms with van der Waals surface area (Å²) in [6.07, 6.45) is -1.01. The number of carbonyl (C=O) groups is 2. The molecule has 0 aliphatic carbocycles. The maximum Gasteiger partial charge on any atom is 0.411 e. The third kappa shape index (κ3) is 6.15. The van der Waals surface area contributed by atoms with Gasteiger partial charge in [-0.3, -0.25) is 4.90 Å². The number of carbonyl (C=O) groups excluding carboxylic acids is 1. The summed E-state index contributed by atoms with van der Waals surface area (Å²) in [4.78, 5) is 27.8. The van der Waals surface area contributed by atoms with Crippen LogP contribution in [-0.2, 0) is 16.1 Å². The van der Waals surface area contributed by atoms with Crippen molar-refractivity contribution in [1.29, 1.82) is 0 Å². The molecule has 4 atom stereocenters. The average Bonchev–Trinajstić information content (AvgIpc) is 3.29. The fourth-order valence-corrected chi connectivity index (χ4v) is 5.87. The zero-order valence-electron chi connectivity index (χ0n) is 24.1. The monoisotopic (exact) mass is 544 g/mol. The Morgan fingerprint density at radius 1 is 0.950 bits per heavy atom. The Labute approximate surface area is 237 Å². The minimum Gasteiger partial charge on any atom is -0.496 e. The number of carboxylic acids is 1. The molecule has 0 aromatic heterocycles. The van der Waals surface area contributed by atoms with Crippen molar-refractivity contribution in [3.05, 3.63) is 90.0 Å². The highest BCUT2D eigenvalue weighted by Gasteiger charge is 2.58. The molecular weight excluding hydrogens is 504 g/mol. The first-order valence-corrected chi connectivity index (χ1v) is 13.7. The summed E-state index contributed by atoms with van der Waals surface area (Å²) in [6, 6.07) is 23.8. The highest BCUT2D eigenvalue weighted by Crippen LogP contribution is 2.48. The number of hydrogen-bond donors (Lipinski definition) is 2. The second-order valence-electron chi connectivity index (χ2n) is 11.7. The van der Waals surface area contributed by atoms with Crippen LogP contribution in [0.1, 0.15) is 51.8 Å². The molecule has 1 aliphatic heterocycles. The van der Waals surface area contributed by atoms with E-state index in [9.17, 15) is 14.7 Å². The van der Waals surface area contributed by atoms with Crippen LogP contribution in [0.3, 0.4) is 0 Å². The van der Waals surface area contributed by atoms with Crippen LogP contribution in [0.15, 0.2) is 78.9 Å². The lowest BCUT2D eigenvalue weighted by atomic mass is 9.72. The van der Waals surface area contributed by atoms with E-state index >= 15 is 0 Å². The van der Waals surface area contributed by atoms with E-state index in [1.165, 1.54) is 4.90 Å². The molecule has 40 heavy (non-hydrogen) atoms. The standard InChI is InChI=1S/C33H40N2O5/c1-21(2)40-32(38)35-29(23-15-11-8-12-16-23)28(27(33(3,4)5)30(35)31(36)37)34-20-25-18-17-24(19-26(25)39-6)22-13-9-7-10-14-22/h7-19,21,27-30,34H,20H2,1-6H3,(H,36,37)/t27-,28-,29-,30-/m1/s1. The predicted molar refractivity (Wildman–Crippen MR) is 156 cm³/mol. The van der Waals surface area contributed by atoms with Crippen molar-refractivity contribution < 1.29 is 24.2 Å². The SMILES string of the molecule is COc1cc(-c2ccccc2)ccc1CN[C@@H]1[C@@H](C(C)(C)C)[C@H](C(=O)O)N(C(=O)OC(C)C)[C@@H]1c1ccccc1. The second kappa shape index (κ2) is 12.1. The summed E-state index contributed by atoms with van der Waals surface area (Å²) in [7, 11) is 1.65. The molecule has 0 unspecified atom stereocenters. The third-order valence-electron chi connectivity index (χ3n) is 7.53. The predicted octanol–water partition coefficient (Wildman–Crippen LogP) is 6.54. The first-order chi connectivity index (χ1) is 19.0. The topological polar surface area (TPSA) is 88.1 Å². The number of hydrogen-bond acceptors (Lipinski definition) is 5. The summed E-state index contributed by atoms with van der Waals surface area (Å²) in [5, 5.41) is 14.2. The number of ether oxygens (including phenoxy) is 2. The van der Waals surface area contributed by atoms with Gasteiger partial charge in [0, 0.05) is 24.1 Å². The average molecular weight is 545 g/mol. The quantitative estimate of drug-likeness (QED) is 0.335. The van der Waals surface area contributed by atoms with Crippen molar-refractivity contribution in [2.45, 2.75) is 65.4 Å². The fourth-order valence-electron chi connectivity index (χ4n) is 5.87. The molecule has 0 spiro atoms. The van der Waals surface area contributed by atoms with E-state index in [1.54, 1.807) is 21.0 Å². The van der Waals surface area contributed by atoms with Crippen molar-refractivity contribution in [1.82, 2.24) is 10.2 Å². The second-order valence-corrected chi connectivity index (χ2v) is 11.7. The Balaban J connectivity index is 1.75. The first kappa shape index (κ1) is 29.2. The summed E-state index contributed by atoms with van der Waals surface area (Å²) in [6.45, 7) is 10.0. The molecule has 3 aromatic rings. The Kier molecular flexibility index (Phi) is 8.84. The lowest BCUT2D eigenvalue weighted by Gasteiger charge is -2.35. The zero-order chi connectivity index (χ0) is 29.0. The molecule has 1 aliphatic rings. The van der Waals surface area contributed by atoms with E-state index in [1.807, 2.05) is 81.4 Å². The van der Waals surface area contributed by atoms with Crippen molar-refractivity contribution in [3.63, 3.8) is 0 Å². The van der Waals surface area contributed by atoms with Gasteiger partial charge in [-0.25, -0.2) is 9.59 Å². The number of carboxylic acid groups (broad SMARTS) is 1. The summed E-state index contributed by atoms with van der Waals surface area (Å²) < 4.78 is 11.4. The number of nitrogens with zero attached hydrogens (tertiary/aromatic N) is 1. The van der Waals surface area contributed by atoms with Gasteiger partial charge in [-0.1, -0.05) is 93.6 Å². The summed E-state index contributed by atoms with van der Waals surface area (Å²) in [5.41, 5.74) is 3.49. The van der Waals surface area contributed by atoms with E-state index < -0.39 is 35.5 Å². The number of likely N-dealkylation sites (tertiary alicyclic amines) is 1. The number of amides is 1. The highest BCUT2D eigenvalue weighted by atomic mass is 16.6. The van der Waals surface area contributed by atoms with Crippen molar-refractivity contribution in [3.8, 4) is 16.9 Å². The molecule has 0 radical (unpaired) electrons. The Bertz CT molecular complexity index is 1300. The van der Waals surface area contributed by atoms with Gasteiger partial charge < -0.3 is 19.9 Å². The molecule has 1 heterocycles. The van der Waals surface area contributed by atoms with Crippen LogP contribution in [0.5, 0.6) is 5.75 Å². The molecule has 4 rings (SSSR count). The smallest absolute Gasteiger partial charge is 0.411 e. The minimum absolute atomic E-state index is 0.373. The van der Waals surface area contributed by atoms with Crippen LogP contribution in [0.25, 0.3) is 11.1 Å². The Hall–Kier alpha value is -3.84. The van der Waals surface area contributed by atoms with Crippen LogP contribution >= 0.6 is 0 Å². The molecule has 7 nitrogen and oxygen atoms in total. The van der Waals surface area contributed by atoms with Crippen LogP contribution in [0, 0.1) is 11.3 Å². The zero-order valence-corrected chi connectivity index (χ0v) is 24.1. The van der Waals surface area contributed by atoms with Gasteiger partial charge in [0.1, 0.15) is 11.8 Å². The molecule has 1 amide bonds. The van der Waals surface area contributed by atoms with Crippen LogP contribution in [0.2, 0.25) is 0 Å². The van der Waals surface area contributed by atoms with Gasteiger partial charge in [0.2, 0.25) is 0 Å². The first-order valence-electron chi connectivity index (χ1n) is 13.7. The van der Waals surface area contributed by atoms with Crippen molar-refractivity contribution >= 4 is 12.1 Å². The number of methoxy groups -OCH3 is 1. The van der Waals surface area contributed by atoms with E-state index in [4.69, 9.17) is 9.47 Å². The molecule has 0 bridgehead atoms. The minimum atomic E-state index is -1.07. The van der Waals surface area contributed by atoms with Gasteiger partial charge in [-0.15, -0.1) is 0 Å². The third-order valence-corrected chi connectivity index (χ3v) is 7.53. The summed E-state index contributed by atoms with van der Waals surface area (Å²) >= 11 is 0. The molecule has 2 N–H and O–H groups in total. The van der Waals surface area contributed by atoms with E-state index in [0.29, 0.717) is 6.54 Å². The van der Waals surface area contributed by atoms with Gasteiger partial charge in [0.15, 0.2) is 0 Å². The fraction of sp³-hybridized carbons (Fsp3) is 0.394. The van der Waals surface area contributed by atoms with E-state index in [2.05, 4.69) is 23.5 Å². The number of rotatable bonds is 8. The van der Waals surface area contributed by atoms with Gasteiger partial charge in [-0.05, 0) is 42.0 Å². The van der Waals surface area contributed by atoms with E-state index in [-0.39, 0.29) is 12.1 Å². The van der Waals surface area contributed by atoms with Gasteiger partial charge in [0.25, 0.3) is 0 Å². The molecule has 0 saturated carbocycles. The Morgan fingerprint density at radius 2 is 1.57 bits per heavy atom. The maximum absolute atomic E-state index is 13.5. The summed E-state index contributed by atoms with van der Waals surface area (Å²) in [5.74, 6) is -0.721. The molecule has 1 fully saturated rings.